The Kier molecular flexibility index (Phi) is 18.9. The minimum absolute atomic E-state index is 0.0563. The SMILES string of the molecule is CCCCCCOCCC=CCCCCCCCC(=O)NC(C)(C)CC(C)(C)CC(=O)CCl. The number of allylic oxidation sites excluding steroid dienone is 1. The molecule has 0 aliphatic carbocycles. The quantitative estimate of drug-likeness (QED) is 0.0967. The van der Waals surface area contributed by atoms with Gasteiger partial charge in [-0.1, -0.05) is 71.4 Å². The molecule has 0 saturated carbocycles. The van der Waals surface area contributed by atoms with E-state index in [0.29, 0.717) is 12.8 Å². The second-order valence-electron chi connectivity index (χ2n) is 10.9. The van der Waals surface area contributed by atoms with Gasteiger partial charge < -0.3 is 10.1 Å². The monoisotopic (exact) mass is 485 g/mol. The van der Waals surface area contributed by atoms with Crippen molar-refractivity contribution < 1.29 is 14.3 Å². The number of ether oxygens (including phenoxy) is 1. The van der Waals surface area contributed by atoms with Gasteiger partial charge in [-0.15, -0.1) is 11.6 Å². The zero-order chi connectivity index (χ0) is 25.0. The molecular weight excluding hydrogens is 434 g/mol. The van der Waals surface area contributed by atoms with Gasteiger partial charge >= 0.3 is 0 Å². The van der Waals surface area contributed by atoms with Crippen LogP contribution in [0.3, 0.4) is 0 Å². The number of halogens is 1. The summed E-state index contributed by atoms with van der Waals surface area (Å²) < 4.78 is 5.64. The number of hydrogen-bond acceptors (Lipinski definition) is 3. The van der Waals surface area contributed by atoms with Crippen LogP contribution in [-0.4, -0.2) is 36.3 Å². The van der Waals surface area contributed by atoms with Gasteiger partial charge in [0.05, 0.1) is 12.5 Å². The lowest BCUT2D eigenvalue weighted by Crippen LogP contribution is -2.46. The van der Waals surface area contributed by atoms with Crippen LogP contribution in [0.5, 0.6) is 0 Å². The number of alkyl halides is 1. The van der Waals surface area contributed by atoms with Gasteiger partial charge in [-0.25, -0.2) is 0 Å². The Morgan fingerprint density at radius 3 is 2.18 bits per heavy atom. The van der Waals surface area contributed by atoms with Crippen molar-refractivity contribution >= 4 is 23.3 Å². The van der Waals surface area contributed by atoms with Crippen LogP contribution in [0.15, 0.2) is 12.2 Å². The first-order chi connectivity index (χ1) is 15.6. The Bertz CT molecular complexity index is 543. The van der Waals surface area contributed by atoms with Gasteiger partial charge in [-0.3, -0.25) is 9.59 Å². The van der Waals surface area contributed by atoms with E-state index in [1.807, 2.05) is 13.8 Å². The molecule has 0 radical (unpaired) electrons. The zero-order valence-corrected chi connectivity index (χ0v) is 23.0. The summed E-state index contributed by atoms with van der Waals surface area (Å²) >= 11 is 5.64. The van der Waals surface area contributed by atoms with Crippen LogP contribution in [-0.2, 0) is 14.3 Å². The maximum Gasteiger partial charge on any atom is 0.220 e. The second kappa shape index (κ2) is 19.4. The standard InChI is InChI=1S/C28H52ClNO3/c1-6-7-8-17-20-33-21-18-15-13-11-9-10-12-14-16-19-26(32)30-28(4,5)24-27(2,3)22-25(31)23-29/h13,15H,6-12,14,16-24H2,1-5H3,(H,30,32). The normalized spacial score (nSPS) is 12.4. The van der Waals surface area contributed by atoms with Gasteiger partial charge in [0.15, 0.2) is 0 Å². The molecule has 5 heteroatoms. The minimum atomic E-state index is -0.334. The number of unbranched alkanes of at least 4 members (excludes halogenated alkanes) is 8. The lowest BCUT2D eigenvalue weighted by molar-refractivity contribution is -0.123. The average molecular weight is 486 g/mol. The van der Waals surface area contributed by atoms with Crippen LogP contribution in [0.1, 0.15) is 125 Å². The average Bonchev–Trinajstić information content (AvgIpc) is 2.71. The molecular formula is C28H52ClNO3. The molecule has 0 heterocycles. The Hall–Kier alpha value is -0.870. The molecule has 0 aliphatic heterocycles. The summed E-state index contributed by atoms with van der Waals surface area (Å²) in [6.07, 6.45) is 19.1. The molecule has 1 N–H and O–H groups in total. The number of rotatable bonds is 22. The number of amides is 1. The third-order valence-corrected chi connectivity index (χ3v) is 6.03. The molecule has 0 fully saturated rings. The Morgan fingerprint density at radius 1 is 0.848 bits per heavy atom. The fourth-order valence-electron chi connectivity index (χ4n) is 4.52. The van der Waals surface area contributed by atoms with E-state index in [-0.39, 0.29) is 28.5 Å². The minimum Gasteiger partial charge on any atom is -0.381 e. The Labute approximate surface area is 209 Å². The van der Waals surface area contributed by atoms with Crippen LogP contribution in [0.4, 0.5) is 0 Å². The van der Waals surface area contributed by atoms with E-state index < -0.39 is 0 Å². The number of carbonyl (C=O) groups excluding carboxylic acids is 2. The van der Waals surface area contributed by atoms with Crippen molar-refractivity contribution in [3.05, 3.63) is 12.2 Å². The van der Waals surface area contributed by atoms with Gasteiger partial charge in [-0.2, -0.15) is 0 Å². The molecule has 194 valence electrons. The lowest BCUT2D eigenvalue weighted by Gasteiger charge is -2.35. The van der Waals surface area contributed by atoms with Crippen LogP contribution in [0.25, 0.3) is 0 Å². The second-order valence-corrected chi connectivity index (χ2v) is 11.1. The maximum absolute atomic E-state index is 12.4. The molecule has 0 atom stereocenters. The first-order valence-electron chi connectivity index (χ1n) is 13.2. The van der Waals surface area contributed by atoms with Gasteiger partial charge in [0.25, 0.3) is 0 Å². The molecule has 1 amide bonds. The van der Waals surface area contributed by atoms with Crippen molar-refractivity contribution in [3.63, 3.8) is 0 Å². The summed E-state index contributed by atoms with van der Waals surface area (Å²) in [4.78, 5) is 24.0. The van der Waals surface area contributed by atoms with Crippen molar-refractivity contribution in [1.29, 1.82) is 0 Å². The van der Waals surface area contributed by atoms with Crippen LogP contribution >= 0.6 is 11.6 Å². The van der Waals surface area contributed by atoms with Crippen molar-refractivity contribution in [2.45, 2.75) is 130 Å². The summed E-state index contributed by atoms with van der Waals surface area (Å²) in [7, 11) is 0. The first kappa shape index (κ1) is 32.1. The fraction of sp³-hybridized carbons (Fsp3) is 0.857. The maximum atomic E-state index is 12.4. The molecule has 0 aromatic carbocycles. The molecule has 0 spiro atoms. The number of hydrogen-bond donors (Lipinski definition) is 1. The molecule has 0 aliphatic rings. The molecule has 0 bridgehead atoms. The fourth-order valence-corrected chi connectivity index (χ4v) is 4.62. The van der Waals surface area contributed by atoms with Crippen LogP contribution < -0.4 is 5.32 Å². The van der Waals surface area contributed by atoms with Gasteiger partial charge in [0.2, 0.25) is 5.91 Å². The van der Waals surface area contributed by atoms with E-state index in [2.05, 4.69) is 38.2 Å². The molecule has 0 aromatic rings. The third-order valence-electron chi connectivity index (χ3n) is 5.74. The molecule has 0 rings (SSSR count). The Morgan fingerprint density at radius 2 is 1.48 bits per heavy atom. The van der Waals surface area contributed by atoms with Gasteiger partial charge in [0, 0.05) is 25.0 Å². The van der Waals surface area contributed by atoms with Crippen LogP contribution in [0.2, 0.25) is 0 Å². The molecule has 4 nitrogen and oxygen atoms in total. The number of carbonyl (C=O) groups is 2. The highest BCUT2D eigenvalue weighted by Gasteiger charge is 2.31. The lowest BCUT2D eigenvalue weighted by atomic mass is 9.77. The largest absolute Gasteiger partial charge is 0.381 e. The van der Waals surface area contributed by atoms with Crippen molar-refractivity contribution in [3.8, 4) is 0 Å². The highest BCUT2D eigenvalue weighted by molar-refractivity contribution is 6.27. The van der Waals surface area contributed by atoms with E-state index in [9.17, 15) is 9.59 Å². The summed E-state index contributed by atoms with van der Waals surface area (Å²) in [5.74, 6) is 0.220. The van der Waals surface area contributed by atoms with E-state index in [0.717, 1.165) is 45.3 Å². The van der Waals surface area contributed by atoms with E-state index >= 15 is 0 Å². The highest BCUT2D eigenvalue weighted by atomic mass is 35.5. The summed E-state index contributed by atoms with van der Waals surface area (Å²) in [5.41, 5.74) is -0.516. The van der Waals surface area contributed by atoms with Gasteiger partial charge in [0.1, 0.15) is 5.78 Å². The number of Topliss-reactive ketones (excluding diaryl/α,β-unsaturated/α-hetero) is 1. The predicted octanol–water partition coefficient (Wildman–Crippen LogP) is 7.77. The molecule has 0 saturated heterocycles. The van der Waals surface area contributed by atoms with Crippen molar-refractivity contribution in [2.75, 3.05) is 19.1 Å². The summed E-state index contributed by atoms with van der Waals surface area (Å²) in [5, 5.41) is 3.15. The summed E-state index contributed by atoms with van der Waals surface area (Å²) in [6, 6.07) is 0. The van der Waals surface area contributed by atoms with Crippen LogP contribution in [0, 0.1) is 5.41 Å². The van der Waals surface area contributed by atoms with E-state index in [4.69, 9.17) is 16.3 Å². The van der Waals surface area contributed by atoms with E-state index in [1.54, 1.807) is 0 Å². The number of nitrogens with one attached hydrogen (secondary N) is 1. The Balaban J connectivity index is 3.71. The van der Waals surface area contributed by atoms with Crippen molar-refractivity contribution in [2.24, 2.45) is 5.41 Å². The van der Waals surface area contributed by atoms with E-state index in [1.165, 1.54) is 44.9 Å². The molecule has 33 heavy (non-hydrogen) atoms. The molecule has 0 unspecified atom stereocenters. The summed E-state index contributed by atoms with van der Waals surface area (Å²) in [6.45, 7) is 12.2. The van der Waals surface area contributed by atoms with Gasteiger partial charge in [-0.05, 0) is 57.8 Å². The highest BCUT2D eigenvalue weighted by Crippen LogP contribution is 2.31. The number of ketones is 1. The zero-order valence-electron chi connectivity index (χ0n) is 22.3. The molecule has 0 aromatic heterocycles. The smallest absolute Gasteiger partial charge is 0.220 e. The topological polar surface area (TPSA) is 55.4 Å². The van der Waals surface area contributed by atoms with Crippen molar-refractivity contribution in [1.82, 2.24) is 5.32 Å². The predicted molar refractivity (Wildman–Crippen MR) is 142 cm³/mol. The third kappa shape index (κ3) is 21.4. The first-order valence-corrected chi connectivity index (χ1v) is 13.8.